The van der Waals surface area contributed by atoms with Gasteiger partial charge in [0.15, 0.2) is 17.5 Å². The summed E-state index contributed by atoms with van der Waals surface area (Å²) in [6, 6.07) is 70.4. The molecule has 0 saturated heterocycles. The van der Waals surface area contributed by atoms with Crippen LogP contribution in [0.5, 0.6) is 0 Å². The Kier molecular flexibility index (Phi) is 8.36. The maximum atomic E-state index is 5.10. The summed E-state index contributed by atoms with van der Waals surface area (Å²) in [5, 5.41) is 2.59. The van der Waals surface area contributed by atoms with Gasteiger partial charge in [0.1, 0.15) is 0 Å². The van der Waals surface area contributed by atoms with Crippen molar-refractivity contribution < 1.29 is 0 Å². The van der Waals surface area contributed by atoms with Gasteiger partial charge in [-0.15, -0.1) is 11.3 Å². The molecule has 0 aliphatic rings. The van der Waals surface area contributed by atoms with E-state index in [0.29, 0.717) is 17.5 Å². The zero-order valence-electron chi connectivity index (χ0n) is 29.8. The van der Waals surface area contributed by atoms with Crippen molar-refractivity contribution in [2.45, 2.75) is 0 Å². The van der Waals surface area contributed by atoms with Crippen molar-refractivity contribution in [1.29, 1.82) is 0 Å². The van der Waals surface area contributed by atoms with E-state index in [1.54, 1.807) is 0 Å². The first-order chi connectivity index (χ1) is 27.2. The van der Waals surface area contributed by atoms with Gasteiger partial charge in [0, 0.05) is 36.9 Å². The molecular weight excluding hydrogens is 687 g/mol. The van der Waals surface area contributed by atoms with Crippen LogP contribution in [0.2, 0.25) is 0 Å². The maximum absolute atomic E-state index is 5.10. The molecular formula is C51H33N3S. The molecule has 4 heteroatoms. The lowest BCUT2D eigenvalue weighted by molar-refractivity contribution is 1.07. The average molecular weight is 720 g/mol. The zero-order chi connectivity index (χ0) is 36.6. The summed E-state index contributed by atoms with van der Waals surface area (Å²) in [5.74, 6) is 1.92. The molecule has 258 valence electrons. The van der Waals surface area contributed by atoms with E-state index < -0.39 is 0 Å². The monoisotopic (exact) mass is 719 g/mol. The quantitative estimate of drug-likeness (QED) is 0.165. The molecule has 10 rings (SSSR count). The summed E-state index contributed by atoms with van der Waals surface area (Å²) in [6.45, 7) is 0. The van der Waals surface area contributed by atoms with Crippen molar-refractivity contribution >= 4 is 31.5 Å². The minimum atomic E-state index is 0.635. The summed E-state index contributed by atoms with van der Waals surface area (Å²) in [5.41, 5.74) is 12.3. The summed E-state index contributed by atoms with van der Waals surface area (Å²) in [6.07, 6.45) is 0. The van der Waals surface area contributed by atoms with E-state index in [4.69, 9.17) is 15.0 Å². The minimum Gasteiger partial charge on any atom is -0.208 e. The first-order valence-corrected chi connectivity index (χ1v) is 19.3. The minimum absolute atomic E-state index is 0.635. The van der Waals surface area contributed by atoms with Crippen LogP contribution in [0.1, 0.15) is 0 Å². The van der Waals surface area contributed by atoms with Crippen LogP contribution in [-0.2, 0) is 0 Å². The summed E-state index contributed by atoms with van der Waals surface area (Å²) in [4.78, 5) is 15.1. The van der Waals surface area contributed by atoms with E-state index in [2.05, 4.69) is 164 Å². The molecule has 0 aliphatic carbocycles. The van der Waals surface area contributed by atoms with Crippen molar-refractivity contribution in [3.05, 3.63) is 200 Å². The standard InChI is InChI=1S/C51H33N3S/c1-4-15-34(16-5-1)37-21-11-25-41(32-37)50-52-49(36-19-8-3-9-20-36)53-51(54-50)42-26-12-23-39(33-42)38-22-10-24-40(31-38)44-28-14-30-46-45-29-13-27-43(47(45)55-48(44)46)35-17-6-2-7-18-35/h1-33H. The van der Waals surface area contributed by atoms with Crippen LogP contribution >= 0.6 is 11.3 Å². The third kappa shape index (κ3) is 6.29. The summed E-state index contributed by atoms with van der Waals surface area (Å²) >= 11 is 1.88. The van der Waals surface area contributed by atoms with Crippen molar-refractivity contribution in [1.82, 2.24) is 15.0 Å². The Bertz CT molecular complexity index is 2970. The highest BCUT2D eigenvalue weighted by Gasteiger charge is 2.16. The molecule has 0 saturated carbocycles. The Morgan fingerprint density at radius 1 is 0.255 bits per heavy atom. The molecule has 0 N–H and O–H groups in total. The van der Waals surface area contributed by atoms with Gasteiger partial charge in [-0.25, -0.2) is 15.0 Å². The molecule has 0 unspecified atom stereocenters. The van der Waals surface area contributed by atoms with E-state index in [9.17, 15) is 0 Å². The van der Waals surface area contributed by atoms with E-state index in [1.807, 2.05) is 47.7 Å². The molecule has 55 heavy (non-hydrogen) atoms. The highest BCUT2D eigenvalue weighted by atomic mass is 32.1. The predicted octanol–water partition coefficient (Wildman–Crippen LogP) is 13.9. The molecule has 10 aromatic rings. The van der Waals surface area contributed by atoms with Gasteiger partial charge in [0.05, 0.1) is 0 Å². The Hall–Kier alpha value is -7.01. The Balaban J connectivity index is 1.05. The van der Waals surface area contributed by atoms with Crippen LogP contribution in [0, 0.1) is 0 Å². The van der Waals surface area contributed by atoms with Crippen LogP contribution in [0.25, 0.3) is 98.8 Å². The average Bonchev–Trinajstić information content (AvgIpc) is 3.67. The van der Waals surface area contributed by atoms with Gasteiger partial charge in [-0.2, -0.15) is 0 Å². The molecule has 0 fully saturated rings. The largest absolute Gasteiger partial charge is 0.208 e. The predicted molar refractivity (Wildman–Crippen MR) is 231 cm³/mol. The molecule has 8 aromatic carbocycles. The van der Waals surface area contributed by atoms with Crippen molar-refractivity contribution in [2.75, 3.05) is 0 Å². The maximum Gasteiger partial charge on any atom is 0.164 e. The molecule has 2 heterocycles. The molecule has 3 nitrogen and oxygen atoms in total. The fourth-order valence-electron chi connectivity index (χ4n) is 7.42. The lowest BCUT2D eigenvalue weighted by Gasteiger charge is -2.11. The molecule has 0 amide bonds. The number of hydrogen-bond acceptors (Lipinski definition) is 4. The van der Waals surface area contributed by atoms with Crippen LogP contribution in [-0.4, -0.2) is 15.0 Å². The third-order valence-corrected chi connectivity index (χ3v) is 11.4. The smallest absolute Gasteiger partial charge is 0.164 e. The highest BCUT2D eigenvalue weighted by molar-refractivity contribution is 7.26. The summed E-state index contributed by atoms with van der Waals surface area (Å²) in [7, 11) is 0. The van der Waals surface area contributed by atoms with Crippen molar-refractivity contribution in [2.24, 2.45) is 0 Å². The van der Waals surface area contributed by atoms with Gasteiger partial charge in [-0.3, -0.25) is 0 Å². The van der Waals surface area contributed by atoms with Gasteiger partial charge < -0.3 is 0 Å². The third-order valence-electron chi connectivity index (χ3n) is 10.1. The molecule has 0 bridgehead atoms. The molecule has 0 radical (unpaired) electrons. The van der Waals surface area contributed by atoms with Crippen molar-refractivity contribution in [3.63, 3.8) is 0 Å². The summed E-state index contributed by atoms with van der Waals surface area (Å²) < 4.78 is 2.62. The fourth-order valence-corrected chi connectivity index (χ4v) is 8.79. The van der Waals surface area contributed by atoms with Gasteiger partial charge in [-0.05, 0) is 62.7 Å². The Morgan fingerprint density at radius 2 is 0.600 bits per heavy atom. The number of fused-ring (bicyclic) bond motifs is 3. The normalized spacial score (nSPS) is 11.3. The first kappa shape index (κ1) is 32.6. The van der Waals surface area contributed by atoms with Crippen molar-refractivity contribution in [3.8, 4) is 78.7 Å². The van der Waals surface area contributed by atoms with Crippen LogP contribution in [0.3, 0.4) is 0 Å². The highest BCUT2D eigenvalue weighted by Crippen LogP contribution is 2.44. The van der Waals surface area contributed by atoms with E-state index in [-0.39, 0.29) is 0 Å². The van der Waals surface area contributed by atoms with E-state index in [1.165, 1.54) is 42.4 Å². The fraction of sp³-hybridized carbons (Fsp3) is 0. The zero-order valence-corrected chi connectivity index (χ0v) is 30.6. The van der Waals surface area contributed by atoms with Gasteiger partial charge >= 0.3 is 0 Å². The Labute approximate surface area is 323 Å². The SMILES string of the molecule is c1ccc(-c2cccc(-c3nc(-c4ccccc4)nc(-c4cccc(-c5cccc(-c6cccc7c6sc6c(-c8ccccc8)cccc67)c5)c4)n3)c2)cc1. The van der Waals surface area contributed by atoms with Crippen LogP contribution < -0.4 is 0 Å². The molecule has 2 aromatic heterocycles. The first-order valence-electron chi connectivity index (χ1n) is 18.4. The van der Waals surface area contributed by atoms with Gasteiger partial charge in [-0.1, -0.05) is 182 Å². The van der Waals surface area contributed by atoms with Gasteiger partial charge in [0.25, 0.3) is 0 Å². The van der Waals surface area contributed by atoms with Gasteiger partial charge in [0.2, 0.25) is 0 Å². The number of aromatic nitrogens is 3. The number of rotatable bonds is 7. The number of thiophene rings is 1. The number of benzene rings is 8. The topological polar surface area (TPSA) is 38.7 Å². The van der Waals surface area contributed by atoms with Crippen LogP contribution in [0.15, 0.2) is 200 Å². The van der Waals surface area contributed by atoms with Crippen LogP contribution in [0.4, 0.5) is 0 Å². The van der Waals surface area contributed by atoms with E-state index in [0.717, 1.165) is 38.9 Å². The number of hydrogen-bond donors (Lipinski definition) is 0. The second-order valence-corrected chi connectivity index (χ2v) is 14.6. The molecule has 0 atom stereocenters. The molecule has 0 spiro atoms. The lowest BCUT2D eigenvalue weighted by Crippen LogP contribution is -2.00. The second-order valence-electron chi connectivity index (χ2n) is 13.6. The lowest BCUT2D eigenvalue weighted by atomic mass is 9.96. The Morgan fingerprint density at radius 3 is 1.13 bits per heavy atom. The molecule has 0 aliphatic heterocycles. The number of nitrogens with zero attached hydrogens (tertiary/aromatic N) is 3. The second kappa shape index (κ2) is 14.1. The van der Waals surface area contributed by atoms with E-state index >= 15 is 0 Å².